The predicted molar refractivity (Wildman–Crippen MR) is 60.0 cm³/mol. The van der Waals surface area contributed by atoms with Gasteiger partial charge in [0.1, 0.15) is 5.82 Å². The lowest BCUT2D eigenvalue weighted by atomic mass is 10.0. The summed E-state index contributed by atoms with van der Waals surface area (Å²) in [7, 11) is 0. The molecule has 0 aliphatic rings. The molecule has 1 N–H and O–H groups in total. The quantitative estimate of drug-likeness (QED) is 0.907. The number of aryl methyl sites for hydroxylation is 1. The molecular formula is C12H12F3NO2. The summed E-state index contributed by atoms with van der Waals surface area (Å²) in [5.41, 5.74) is -0.632. The van der Waals surface area contributed by atoms with Crippen LogP contribution in [0, 0.1) is 12.7 Å². The second-order valence-electron chi connectivity index (χ2n) is 3.96. The number of anilines is 1. The van der Waals surface area contributed by atoms with Crippen LogP contribution in [0.1, 0.15) is 25.0 Å². The first-order valence-electron chi connectivity index (χ1n) is 5.13. The smallest absolute Gasteiger partial charge is 0.326 e. The van der Waals surface area contributed by atoms with Crippen LogP contribution in [0.3, 0.4) is 0 Å². The van der Waals surface area contributed by atoms with Gasteiger partial charge >= 0.3 is 5.92 Å². The third kappa shape index (κ3) is 2.69. The molecule has 0 saturated carbocycles. The third-order valence-corrected chi connectivity index (χ3v) is 2.41. The van der Waals surface area contributed by atoms with Gasteiger partial charge < -0.3 is 5.32 Å². The Bertz CT molecular complexity index is 512. The second-order valence-corrected chi connectivity index (χ2v) is 3.96. The molecule has 0 radical (unpaired) electrons. The molecule has 0 spiro atoms. The summed E-state index contributed by atoms with van der Waals surface area (Å²) in [6, 6.07) is 1.64. The minimum Gasteiger partial charge on any atom is -0.326 e. The van der Waals surface area contributed by atoms with E-state index in [2.05, 4.69) is 5.32 Å². The van der Waals surface area contributed by atoms with Crippen LogP contribution in [0.15, 0.2) is 12.1 Å². The topological polar surface area (TPSA) is 46.2 Å². The molecule has 1 aromatic rings. The first kappa shape index (κ1) is 14.2. The molecular weight excluding hydrogens is 247 g/mol. The maximum absolute atomic E-state index is 13.6. The molecule has 0 bridgehead atoms. The van der Waals surface area contributed by atoms with Crippen molar-refractivity contribution in [1.82, 2.24) is 0 Å². The molecule has 0 fully saturated rings. The van der Waals surface area contributed by atoms with Gasteiger partial charge in [-0.25, -0.2) is 4.39 Å². The Morgan fingerprint density at radius 1 is 1.22 bits per heavy atom. The normalized spacial score (nSPS) is 11.2. The third-order valence-electron chi connectivity index (χ3n) is 2.41. The number of nitrogens with one attached hydrogen (secondary N) is 1. The summed E-state index contributed by atoms with van der Waals surface area (Å²) in [5.74, 6) is -6.98. The number of carbonyl (C=O) groups is 2. The van der Waals surface area contributed by atoms with E-state index >= 15 is 0 Å². The Hall–Kier alpha value is -1.85. The molecule has 1 amide bonds. The van der Waals surface area contributed by atoms with Crippen LogP contribution in [0.2, 0.25) is 0 Å². The summed E-state index contributed by atoms with van der Waals surface area (Å²) in [4.78, 5) is 21.6. The van der Waals surface area contributed by atoms with Crippen LogP contribution >= 0.6 is 0 Å². The van der Waals surface area contributed by atoms with E-state index in [4.69, 9.17) is 0 Å². The van der Waals surface area contributed by atoms with Crippen LogP contribution in [-0.2, 0) is 15.5 Å². The zero-order valence-corrected chi connectivity index (χ0v) is 10.1. The Morgan fingerprint density at radius 3 is 2.22 bits per heavy atom. The van der Waals surface area contributed by atoms with Gasteiger partial charge in [0.15, 0.2) is 0 Å². The number of rotatable bonds is 3. The molecule has 0 aliphatic heterocycles. The van der Waals surface area contributed by atoms with E-state index in [-0.39, 0.29) is 11.3 Å². The van der Waals surface area contributed by atoms with Crippen LogP contribution in [0.25, 0.3) is 0 Å². The largest absolute Gasteiger partial charge is 0.333 e. The van der Waals surface area contributed by atoms with Crippen LogP contribution < -0.4 is 5.32 Å². The molecule has 18 heavy (non-hydrogen) atoms. The fourth-order valence-electron chi connectivity index (χ4n) is 1.44. The molecule has 6 heteroatoms. The first-order chi connectivity index (χ1) is 8.16. The number of halogens is 3. The standard InChI is InChI=1S/C12H12F3NO2/c1-6-4-9(12(14,15)7(2)17)10(13)5-11(6)16-8(3)18/h4-5H,1-3H3,(H,16,18). The van der Waals surface area contributed by atoms with Crippen molar-refractivity contribution < 1.29 is 22.8 Å². The first-order valence-corrected chi connectivity index (χ1v) is 5.13. The highest BCUT2D eigenvalue weighted by Gasteiger charge is 2.40. The van der Waals surface area contributed by atoms with Gasteiger partial charge in [-0.2, -0.15) is 8.78 Å². The highest BCUT2D eigenvalue weighted by molar-refractivity contribution is 5.90. The highest BCUT2D eigenvalue weighted by atomic mass is 19.3. The maximum atomic E-state index is 13.6. The van der Waals surface area contributed by atoms with Crippen LogP contribution in [0.5, 0.6) is 0 Å². The lowest BCUT2D eigenvalue weighted by Crippen LogP contribution is -2.25. The predicted octanol–water partition coefficient (Wildman–Crippen LogP) is 2.77. The van der Waals surface area contributed by atoms with Crippen molar-refractivity contribution in [3.63, 3.8) is 0 Å². The van der Waals surface area contributed by atoms with E-state index in [1.807, 2.05) is 0 Å². The average Bonchev–Trinajstić information content (AvgIpc) is 2.21. The fraction of sp³-hybridized carbons (Fsp3) is 0.333. The number of Topliss-reactive ketones (excluding diaryl/α,β-unsaturated/α-hetero) is 1. The van der Waals surface area contributed by atoms with Crippen LogP contribution in [0.4, 0.5) is 18.9 Å². The van der Waals surface area contributed by atoms with Gasteiger partial charge in [-0.15, -0.1) is 0 Å². The monoisotopic (exact) mass is 259 g/mol. The average molecular weight is 259 g/mol. The summed E-state index contributed by atoms with van der Waals surface area (Å²) in [6.45, 7) is 3.34. The van der Waals surface area contributed by atoms with Gasteiger partial charge in [-0.05, 0) is 24.6 Å². The number of amides is 1. The van der Waals surface area contributed by atoms with Crippen LogP contribution in [-0.4, -0.2) is 11.7 Å². The number of hydrogen-bond acceptors (Lipinski definition) is 2. The van der Waals surface area contributed by atoms with Gasteiger partial charge in [0.25, 0.3) is 0 Å². The Morgan fingerprint density at radius 2 is 1.78 bits per heavy atom. The SMILES string of the molecule is CC(=O)Nc1cc(F)c(C(F)(F)C(C)=O)cc1C. The lowest BCUT2D eigenvalue weighted by Gasteiger charge is -2.16. The van der Waals surface area contributed by atoms with Crippen molar-refractivity contribution in [1.29, 1.82) is 0 Å². The molecule has 0 heterocycles. The number of ketones is 1. The van der Waals surface area contributed by atoms with Crippen molar-refractivity contribution in [2.75, 3.05) is 5.32 Å². The number of carbonyl (C=O) groups excluding carboxylic acids is 2. The molecule has 3 nitrogen and oxygen atoms in total. The van der Waals surface area contributed by atoms with Crippen molar-refractivity contribution in [2.45, 2.75) is 26.7 Å². The van der Waals surface area contributed by atoms with E-state index < -0.39 is 29.0 Å². The maximum Gasteiger partial charge on any atom is 0.333 e. The second kappa shape index (κ2) is 4.80. The fourth-order valence-corrected chi connectivity index (χ4v) is 1.44. The molecule has 0 aromatic heterocycles. The number of hydrogen-bond donors (Lipinski definition) is 1. The van der Waals surface area contributed by atoms with E-state index in [0.717, 1.165) is 12.1 Å². The van der Waals surface area contributed by atoms with Crippen molar-refractivity contribution >= 4 is 17.4 Å². The van der Waals surface area contributed by atoms with Crippen molar-refractivity contribution in [2.24, 2.45) is 0 Å². The molecule has 0 aliphatic carbocycles. The minimum absolute atomic E-state index is 0.100. The Labute approximate surface area is 102 Å². The highest BCUT2D eigenvalue weighted by Crippen LogP contribution is 2.33. The molecule has 0 atom stereocenters. The molecule has 1 rings (SSSR count). The lowest BCUT2D eigenvalue weighted by molar-refractivity contribution is -0.142. The van der Waals surface area contributed by atoms with E-state index in [9.17, 15) is 22.8 Å². The molecule has 98 valence electrons. The van der Waals surface area contributed by atoms with Gasteiger partial charge in [0.05, 0.1) is 5.56 Å². The zero-order valence-electron chi connectivity index (χ0n) is 10.1. The zero-order chi connectivity index (χ0) is 14.1. The van der Waals surface area contributed by atoms with Gasteiger partial charge in [0.2, 0.25) is 11.7 Å². The Kier molecular flexibility index (Phi) is 3.79. The number of alkyl halides is 2. The van der Waals surface area contributed by atoms with Crippen molar-refractivity contribution in [3.8, 4) is 0 Å². The number of benzene rings is 1. The van der Waals surface area contributed by atoms with E-state index in [1.165, 1.54) is 13.8 Å². The van der Waals surface area contributed by atoms with E-state index in [0.29, 0.717) is 6.92 Å². The van der Waals surface area contributed by atoms with Gasteiger partial charge in [-0.1, -0.05) is 0 Å². The minimum atomic E-state index is -3.87. The summed E-state index contributed by atoms with van der Waals surface area (Å²) in [5, 5.41) is 2.31. The van der Waals surface area contributed by atoms with Gasteiger partial charge in [-0.3, -0.25) is 9.59 Å². The molecule has 1 aromatic carbocycles. The molecule has 0 unspecified atom stereocenters. The summed E-state index contributed by atoms with van der Waals surface area (Å²) in [6.07, 6.45) is 0. The summed E-state index contributed by atoms with van der Waals surface area (Å²) < 4.78 is 40.4. The Balaban J connectivity index is 3.31. The molecule has 0 saturated heterocycles. The van der Waals surface area contributed by atoms with Gasteiger partial charge in [0, 0.05) is 19.5 Å². The summed E-state index contributed by atoms with van der Waals surface area (Å²) >= 11 is 0. The van der Waals surface area contributed by atoms with Crippen molar-refractivity contribution in [3.05, 3.63) is 29.1 Å². The van der Waals surface area contributed by atoms with E-state index in [1.54, 1.807) is 0 Å².